The highest BCUT2D eigenvalue weighted by Gasteiger charge is 2.32. The van der Waals surface area contributed by atoms with Crippen LogP contribution < -0.4 is 5.32 Å². The van der Waals surface area contributed by atoms with E-state index < -0.39 is 5.97 Å². The topological polar surface area (TPSA) is 86.7 Å². The van der Waals surface area contributed by atoms with Gasteiger partial charge < -0.3 is 10.4 Å². The van der Waals surface area contributed by atoms with Crippen LogP contribution in [0.2, 0.25) is 0 Å². The number of imide groups is 1. The highest BCUT2D eigenvalue weighted by atomic mass is 16.4. The fourth-order valence-electron chi connectivity index (χ4n) is 5.59. The Bertz CT molecular complexity index is 1060. The third-order valence-electron chi connectivity index (χ3n) is 7.86. The van der Waals surface area contributed by atoms with Crippen molar-refractivity contribution in [3.63, 3.8) is 0 Å². The lowest BCUT2D eigenvalue weighted by Crippen LogP contribution is -2.40. The predicted molar refractivity (Wildman–Crippen MR) is 160 cm³/mol. The molecule has 0 unspecified atom stereocenters. The molecule has 0 bridgehead atoms. The lowest BCUT2D eigenvalue weighted by Gasteiger charge is -2.28. The largest absolute Gasteiger partial charge is 0.481 e. The third kappa shape index (κ3) is 9.36. The summed E-state index contributed by atoms with van der Waals surface area (Å²) in [6.07, 6.45) is 18.7. The molecule has 6 heteroatoms. The number of rotatable bonds is 21. The Balaban J connectivity index is 1.45. The zero-order valence-electron chi connectivity index (χ0n) is 23.9. The van der Waals surface area contributed by atoms with E-state index in [0.29, 0.717) is 24.1 Å². The van der Waals surface area contributed by atoms with E-state index in [1.165, 1.54) is 69.1 Å². The van der Waals surface area contributed by atoms with Crippen LogP contribution in [0.3, 0.4) is 0 Å². The number of nitrogens with zero attached hydrogens (tertiary/aromatic N) is 1. The normalized spacial score (nSPS) is 12.9. The van der Waals surface area contributed by atoms with Gasteiger partial charge >= 0.3 is 5.97 Å². The van der Waals surface area contributed by atoms with Gasteiger partial charge in [0.05, 0.1) is 0 Å². The molecule has 2 amide bonds. The van der Waals surface area contributed by atoms with Gasteiger partial charge in [-0.15, -0.1) is 0 Å². The van der Waals surface area contributed by atoms with Crippen LogP contribution in [-0.4, -0.2) is 40.9 Å². The Morgan fingerprint density at radius 3 is 1.92 bits per heavy atom. The molecule has 2 N–H and O–H groups in total. The molecule has 2 aromatic rings. The van der Waals surface area contributed by atoms with E-state index in [1.807, 2.05) is 30.3 Å². The first-order valence-electron chi connectivity index (χ1n) is 15.4. The third-order valence-corrected chi connectivity index (χ3v) is 7.86. The van der Waals surface area contributed by atoms with Gasteiger partial charge in [-0.25, -0.2) is 0 Å². The molecule has 0 spiro atoms. The summed E-state index contributed by atoms with van der Waals surface area (Å²) in [5.41, 5.74) is 2.18. The molecule has 1 aliphatic rings. The maximum atomic E-state index is 13.3. The smallest absolute Gasteiger partial charge is 0.303 e. The van der Waals surface area contributed by atoms with Gasteiger partial charge in [0, 0.05) is 47.1 Å². The number of carbonyl (C=O) groups is 3. The van der Waals surface area contributed by atoms with E-state index in [0.717, 1.165) is 55.1 Å². The first-order valence-corrected chi connectivity index (χ1v) is 15.4. The Hall–Kier alpha value is -2.89. The molecule has 0 fully saturated rings. The minimum absolute atomic E-state index is 0.194. The highest BCUT2D eigenvalue weighted by Crippen LogP contribution is 2.34. The van der Waals surface area contributed by atoms with Gasteiger partial charge in [-0.05, 0) is 37.5 Å². The Labute approximate surface area is 234 Å². The maximum absolute atomic E-state index is 13.3. The van der Waals surface area contributed by atoms with E-state index >= 15 is 0 Å². The number of hydrogen-bond acceptors (Lipinski definition) is 4. The number of anilines is 1. The summed E-state index contributed by atoms with van der Waals surface area (Å²) < 4.78 is 0. The molecule has 1 aliphatic heterocycles. The molecule has 0 aromatic heterocycles. The van der Waals surface area contributed by atoms with Crippen molar-refractivity contribution >= 4 is 34.2 Å². The second-order valence-corrected chi connectivity index (χ2v) is 11.0. The summed E-state index contributed by atoms with van der Waals surface area (Å²) in [5, 5.41) is 14.0. The molecule has 0 radical (unpaired) electrons. The molecular weight excluding hydrogens is 488 g/mol. The fraction of sp³-hybridized carbons (Fsp3) is 0.606. The predicted octanol–water partition coefficient (Wildman–Crippen LogP) is 8.58. The standard InChI is InChI=1S/C33H48N2O4/c1-2-3-4-5-6-7-8-9-10-13-16-24-34-29-23-22-28-31-26(29)19-18-20-27(31)32(38)35(33(28)39)25-17-14-11-12-15-21-30(36)37/h18-20,22-23,34H,2-17,21,24-25H2,1H3,(H,36,37). The lowest BCUT2D eigenvalue weighted by atomic mass is 9.92. The molecule has 0 saturated carbocycles. The zero-order chi connectivity index (χ0) is 27.9. The van der Waals surface area contributed by atoms with E-state index in [2.05, 4.69) is 12.2 Å². The van der Waals surface area contributed by atoms with E-state index in [9.17, 15) is 14.4 Å². The van der Waals surface area contributed by atoms with Crippen molar-refractivity contribution in [3.05, 3.63) is 41.5 Å². The average Bonchev–Trinajstić information content (AvgIpc) is 2.93. The second kappa shape index (κ2) is 16.9. The summed E-state index contributed by atoms with van der Waals surface area (Å²) in [7, 11) is 0. The lowest BCUT2D eigenvalue weighted by molar-refractivity contribution is -0.137. The van der Waals surface area contributed by atoms with Crippen LogP contribution >= 0.6 is 0 Å². The Morgan fingerprint density at radius 2 is 1.28 bits per heavy atom. The van der Waals surface area contributed by atoms with Crippen LogP contribution in [0, 0.1) is 0 Å². The van der Waals surface area contributed by atoms with Crippen molar-refractivity contribution in [2.24, 2.45) is 0 Å². The molecule has 2 aromatic carbocycles. The first kappa shape index (κ1) is 30.6. The van der Waals surface area contributed by atoms with Crippen molar-refractivity contribution in [3.8, 4) is 0 Å². The highest BCUT2D eigenvalue weighted by molar-refractivity contribution is 6.26. The molecule has 214 valence electrons. The van der Waals surface area contributed by atoms with E-state index in [1.54, 1.807) is 0 Å². The van der Waals surface area contributed by atoms with Gasteiger partial charge in [0.25, 0.3) is 11.8 Å². The molecule has 6 nitrogen and oxygen atoms in total. The minimum Gasteiger partial charge on any atom is -0.481 e. The van der Waals surface area contributed by atoms with Crippen molar-refractivity contribution in [2.45, 2.75) is 116 Å². The first-order chi connectivity index (χ1) is 19.0. The fourth-order valence-corrected chi connectivity index (χ4v) is 5.59. The van der Waals surface area contributed by atoms with Crippen LogP contribution in [0.1, 0.15) is 137 Å². The van der Waals surface area contributed by atoms with Crippen LogP contribution in [0.15, 0.2) is 30.3 Å². The van der Waals surface area contributed by atoms with Gasteiger partial charge in [-0.2, -0.15) is 0 Å². The van der Waals surface area contributed by atoms with E-state index in [-0.39, 0.29) is 18.2 Å². The summed E-state index contributed by atoms with van der Waals surface area (Å²) in [5.74, 6) is -1.20. The Morgan fingerprint density at radius 1 is 0.718 bits per heavy atom. The summed E-state index contributed by atoms with van der Waals surface area (Å²) >= 11 is 0. The molecule has 39 heavy (non-hydrogen) atoms. The van der Waals surface area contributed by atoms with Crippen LogP contribution in [0.4, 0.5) is 5.69 Å². The molecule has 3 rings (SSSR count). The number of aliphatic carboxylic acids is 1. The number of unbranched alkanes of at least 4 members (excludes halogenated alkanes) is 14. The van der Waals surface area contributed by atoms with Gasteiger partial charge in [-0.1, -0.05) is 103 Å². The van der Waals surface area contributed by atoms with Gasteiger partial charge in [0.15, 0.2) is 0 Å². The zero-order valence-corrected chi connectivity index (χ0v) is 23.9. The van der Waals surface area contributed by atoms with Crippen LogP contribution in [0.5, 0.6) is 0 Å². The summed E-state index contributed by atoms with van der Waals surface area (Å²) in [4.78, 5) is 38.5. The van der Waals surface area contributed by atoms with Crippen molar-refractivity contribution in [1.29, 1.82) is 0 Å². The second-order valence-electron chi connectivity index (χ2n) is 11.0. The number of benzene rings is 2. The molecule has 0 saturated heterocycles. The summed E-state index contributed by atoms with van der Waals surface area (Å²) in [6.45, 7) is 3.54. The maximum Gasteiger partial charge on any atom is 0.303 e. The molecule has 0 aliphatic carbocycles. The Kier molecular flexibility index (Phi) is 13.3. The quantitative estimate of drug-likeness (QED) is 0.123. The molecule has 0 atom stereocenters. The number of amides is 2. The van der Waals surface area contributed by atoms with Gasteiger partial charge in [0.2, 0.25) is 0 Å². The number of carbonyl (C=O) groups excluding carboxylic acids is 2. The summed E-state index contributed by atoms with van der Waals surface area (Å²) in [6, 6.07) is 9.57. The number of carboxylic acid groups (broad SMARTS) is 1. The number of hydrogen-bond donors (Lipinski definition) is 2. The van der Waals surface area contributed by atoms with E-state index in [4.69, 9.17) is 5.11 Å². The SMILES string of the molecule is CCCCCCCCCCCCCNc1ccc2c3c(cccc13)C(=O)N(CCCCCCCC(=O)O)C2=O. The van der Waals surface area contributed by atoms with Crippen molar-refractivity contribution in [1.82, 2.24) is 4.90 Å². The number of nitrogens with one attached hydrogen (secondary N) is 1. The van der Waals surface area contributed by atoms with Gasteiger partial charge in [0.1, 0.15) is 0 Å². The van der Waals surface area contributed by atoms with Crippen molar-refractivity contribution in [2.75, 3.05) is 18.4 Å². The van der Waals surface area contributed by atoms with Crippen LogP contribution in [0.25, 0.3) is 10.8 Å². The van der Waals surface area contributed by atoms with Gasteiger partial charge in [-0.3, -0.25) is 19.3 Å². The average molecular weight is 537 g/mol. The monoisotopic (exact) mass is 536 g/mol. The number of carboxylic acids is 1. The van der Waals surface area contributed by atoms with Crippen molar-refractivity contribution < 1.29 is 19.5 Å². The van der Waals surface area contributed by atoms with Crippen LogP contribution in [-0.2, 0) is 4.79 Å². The molecule has 1 heterocycles. The minimum atomic E-state index is -0.764. The molecular formula is C33H48N2O4.